The molecule has 3 rings (SSSR count). The third-order valence-corrected chi connectivity index (χ3v) is 5.49. The lowest BCUT2D eigenvalue weighted by atomic mass is 9.95. The Bertz CT molecular complexity index is 998. The van der Waals surface area contributed by atoms with E-state index in [1.54, 1.807) is 25.3 Å². The number of rotatable bonds is 9. The van der Waals surface area contributed by atoms with Gasteiger partial charge in [-0.1, -0.05) is 19.9 Å². The lowest BCUT2D eigenvalue weighted by Crippen LogP contribution is -2.41. The molecule has 8 heteroatoms. The molecule has 33 heavy (non-hydrogen) atoms. The summed E-state index contributed by atoms with van der Waals surface area (Å²) in [5.74, 6) is 1.50. The maximum atomic E-state index is 11.4. The molecule has 8 nitrogen and oxygen atoms in total. The number of amides is 1. The summed E-state index contributed by atoms with van der Waals surface area (Å²) < 4.78 is 16.7. The molecule has 1 aromatic carbocycles. The number of pyridine rings is 1. The Morgan fingerprint density at radius 2 is 2.03 bits per heavy atom. The van der Waals surface area contributed by atoms with E-state index < -0.39 is 11.7 Å². The van der Waals surface area contributed by atoms with E-state index in [0.717, 1.165) is 43.0 Å². The first-order valence-corrected chi connectivity index (χ1v) is 11.2. The number of ether oxygens (including phenoxy) is 3. The van der Waals surface area contributed by atoms with Gasteiger partial charge >= 0.3 is 6.09 Å². The van der Waals surface area contributed by atoms with Gasteiger partial charge in [0.05, 0.1) is 5.56 Å². The molecule has 1 fully saturated rings. The molecule has 1 aliphatic heterocycles. The van der Waals surface area contributed by atoms with E-state index in [4.69, 9.17) is 19.9 Å². The molecule has 1 aliphatic rings. The van der Waals surface area contributed by atoms with Crippen LogP contribution in [0, 0.1) is 17.2 Å². The molecule has 2 aromatic rings. The Kier molecular flexibility index (Phi) is 8.12. The van der Waals surface area contributed by atoms with Gasteiger partial charge in [0.2, 0.25) is 0 Å². The van der Waals surface area contributed by atoms with Crippen LogP contribution in [0.2, 0.25) is 0 Å². The maximum Gasteiger partial charge on any atom is 0.405 e. The third kappa shape index (κ3) is 7.09. The van der Waals surface area contributed by atoms with Crippen molar-refractivity contribution in [3.63, 3.8) is 0 Å². The fourth-order valence-electron chi connectivity index (χ4n) is 4.13. The summed E-state index contributed by atoms with van der Waals surface area (Å²) in [4.78, 5) is 15.8. The number of benzene rings is 1. The molecule has 0 aliphatic carbocycles. The molecule has 0 radical (unpaired) electrons. The Morgan fingerprint density at radius 1 is 1.30 bits per heavy atom. The predicted octanol–water partition coefficient (Wildman–Crippen LogP) is 4.49. The molecule has 0 unspecified atom stereocenters. The first-order valence-electron chi connectivity index (χ1n) is 11.2. The lowest BCUT2D eigenvalue weighted by Gasteiger charge is -2.30. The quantitative estimate of drug-likeness (QED) is 0.575. The fraction of sp³-hybridized carbons (Fsp3) is 0.480. The van der Waals surface area contributed by atoms with Gasteiger partial charge in [0.25, 0.3) is 0 Å². The predicted molar refractivity (Wildman–Crippen MR) is 126 cm³/mol. The van der Waals surface area contributed by atoms with Crippen LogP contribution < -0.4 is 15.8 Å². The second kappa shape index (κ2) is 11.0. The number of aromatic nitrogens is 1. The standard InChI is InChI=1S/C25H32N4O4/c1-17(2)14-25(3,33-24(27)30)16-32-22-5-4-18(12-20(22)15-26)19-6-9-28-23(13-19)29-21-7-10-31-11-8-21/h4-6,9,12-13,17,21H,7-8,10-11,14,16H2,1-3H3,(H2,27,30)(H,28,29)/t25-/m0/s1. The first-order chi connectivity index (χ1) is 15.8. The molecule has 1 atom stereocenters. The normalized spacial score (nSPS) is 16.0. The number of hydrogen-bond donors (Lipinski definition) is 2. The monoisotopic (exact) mass is 452 g/mol. The highest BCUT2D eigenvalue weighted by atomic mass is 16.6. The second-order valence-corrected chi connectivity index (χ2v) is 9.04. The first kappa shape index (κ1) is 24.3. The van der Waals surface area contributed by atoms with Gasteiger partial charge in [-0.2, -0.15) is 5.26 Å². The van der Waals surface area contributed by atoms with Gasteiger partial charge in [0.15, 0.2) is 0 Å². The van der Waals surface area contributed by atoms with E-state index >= 15 is 0 Å². The molecule has 0 bridgehead atoms. The van der Waals surface area contributed by atoms with Crippen LogP contribution in [0.3, 0.4) is 0 Å². The van der Waals surface area contributed by atoms with Gasteiger partial charge in [0, 0.05) is 25.5 Å². The molecule has 1 saturated heterocycles. The summed E-state index contributed by atoms with van der Waals surface area (Å²) in [6.45, 7) is 7.44. The topological polar surface area (TPSA) is 119 Å². The van der Waals surface area contributed by atoms with Crippen LogP contribution in [0.25, 0.3) is 11.1 Å². The summed E-state index contributed by atoms with van der Waals surface area (Å²) in [7, 11) is 0. The van der Waals surface area contributed by atoms with Crippen molar-refractivity contribution in [3.05, 3.63) is 42.1 Å². The van der Waals surface area contributed by atoms with E-state index in [2.05, 4.69) is 16.4 Å². The molecular formula is C25H32N4O4. The average molecular weight is 453 g/mol. The largest absolute Gasteiger partial charge is 0.488 e. The van der Waals surface area contributed by atoms with Crippen molar-refractivity contribution < 1.29 is 19.0 Å². The molecule has 3 N–H and O–H groups in total. The van der Waals surface area contributed by atoms with Crippen LogP contribution >= 0.6 is 0 Å². The molecule has 0 saturated carbocycles. The zero-order chi connectivity index (χ0) is 23.8. The summed E-state index contributed by atoms with van der Waals surface area (Å²) in [6, 6.07) is 11.9. The number of nitrogens with two attached hydrogens (primary N) is 1. The van der Waals surface area contributed by atoms with E-state index in [0.29, 0.717) is 23.8 Å². The van der Waals surface area contributed by atoms with Crippen molar-refractivity contribution in [2.24, 2.45) is 11.7 Å². The minimum absolute atomic E-state index is 0.0938. The van der Waals surface area contributed by atoms with Gasteiger partial charge < -0.3 is 25.3 Å². The Labute approximate surface area is 195 Å². The number of hydrogen-bond acceptors (Lipinski definition) is 7. The summed E-state index contributed by atoms with van der Waals surface area (Å²) in [6.07, 6.45) is 3.39. The van der Waals surface area contributed by atoms with Crippen LogP contribution in [-0.2, 0) is 9.47 Å². The van der Waals surface area contributed by atoms with Gasteiger partial charge in [0.1, 0.15) is 29.8 Å². The third-order valence-electron chi connectivity index (χ3n) is 5.49. The summed E-state index contributed by atoms with van der Waals surface area (Å²) in [5.41, 5.74) is 6.59. The van der Waals surface area contributed by atoms with Crippen LogP contribution in [0.4, 0.5) is 10.6 Å². The van der Waals surface area contributed by atoms with Gasteiger partial charge in [-0.15, -0.1) is 0 Å². The van der Waals surface area contributed by atoms with Gasteiger partial charge in [-0.05, 0) is 67.5 Å². The van der Waals surface area contributed by atoms with Crippen molar-refractivity contribution in [2.75, 3.05) is 25.1 Å². The summed E-state index contributed by atoms with van der Waals surface area (Å²) in [5, 5.41) is 13.2. The Balaban J connectivity index is 1.75. The number of nitrogens with one attached hydrogen (secondary N) is 1. The van der Waals surface area contributed by atoms with Crippen molar-refractivity contribution in [1.82, 2.24) is 4.98 Å². The Morgan fingerprint density at radius 3 is 2.70 bits per heavy atom. The van der Waals surface area contributed by atoms with E-state index in [1.165, 1.54) is 0 Å². The average Bonchev–Trinajstić information content (AvgIpc) is 2.77. The van der Waals surface area contributed by atoms with Crippen molar-refractivity contribution in [2.45, 2.75) is 51.7 Å². The highest BCUT2D eigenvalue weighted by Gasteiger charge is 2.31. The van der Waals surface area contributed by atoms with E-state index in [1.807, 2.05) is 32.0 Å². The number of nitrogens with zero attached hydrogens (tertiary/aromatic N) is 2. The molecule has 1 aromatic heterocycles. The van der Waals surface area contributed by atoms with Crippen molar-refractivity contribution in [1.29, 1.82) is 5.26 Å². The molecule has 0 spiro atoms. The second-order valence-electron chi connectivity index (χ2n) is 9.04. The van der Waals surface area contributed by atoms with Crippen molar-refractivity contribution >= 4 is 11.9 Å². The van der Waals surface area contributed by atoms with E-state index in [9.17, 15) is 10.1 Å². The Hall–Kier alpha value is -3.31. The molecule has 2 heterocycles. The molecular weight excluding hydrogens is 420 g/mol. The molecule has 176 valence electrons. The van der Waals surface area contributed by atoms with Crippen LogP contribution in [0.15, 0.2) is 36.5 Å². The number of anilines is 1. The number of carbonyl (C=O) groups excluding carboxylic acids is 1. The smallest absolute Gasteiger partial charge is 0.405 e. The number of nitriles is 1. The molecule has 1 amide bonds. The van der Waals surface area contributed by atoms with E-state index in [-0.39, 0.29) is 12.5 Å². The lowest BCUT2D eigenvalue weighted by molar-refractivity contribution is -0.0186. The zero-order valence-electron chi connectivity index (χ0n) is 19.5. The minimum atomic E-state index is -0.888. The summed E-state index contributed by atoms with van der Waals surface area (Å²) >= 11 is 0. The maximum absolute atomic E-state index is 11.4. The SMILES string of the molecule is CC(C)C[C@@](C)(COc1ccc(-c2ccnc(NC3CCOCC3)c2)cc1C#N)OC(N)=O. The highest BCUT2D eigenvalue weighted by molar-refractivity contribution is 5.69. The zero-order valence-corrected chi connectivity index (χ0v) is 19.5. The van der Waals surface area contributed by atoms with Gasteiger partial charge in [-0.3, -0.25) is 0 Å². The van der Waals surface area contributed by atoms with Crippen LogP contribution in [-0.4, -0.2) is 42.5 Å². The number of carbonyl (C=O) groups is 1. The van der Waals surface area contributed by atoms with Gasteiger partial charge in [-0.25, -0.2) is 9.78 Å². The van der Waals surface area contributed by atoms with Crippen molar-refractivity contribution in [3.8, 4) is 22.9 Å². The highest BCUT2D eigenvalue weighted by Crippen LogP contribution is 2.29. The number of primary amides is 1. The fourth-order valence-corrected chi connectivity index (χ4v) is 4.13. The minimum Gasteiger partial charge on any atom is -0.488 e. The van der Waals surface area contributed by atoms with Crippen LogP contribution in [0.1, 0.15) is 45.6 Å². The van der Waals surface area contributed by atoms with Crippen LogP contribution in [0.5, 0.6) is 5.75 Å².